The summed E-state index contributed by atoms with van der Waals surface area (Å²) in [5.74, 6) is -0.707. The highest BCUT2D eigenvalue weighted by atomic mass is 35.5. The van der Waals surface area contributed by atoms with E-state index in [1.807, 2.05) is 0 Å². The summed E-state index contributed by atoms with van der Waals surface area (Å²) in [5, 5.41) is 2.94. The van der Waals surface area contributed by atoms with E-state index in [-0.39, 0.29) is 28.1 Å². The van der Waals surface area contributed by atoms with Crippen LogP contribution < -0.4 is 10.1 Å². The molecule has 0 heterocycles. The van der Waals surface area contributed by atoms with Gasteiger partial charge in [0.2, 0.25) is 15.9 Å². The van der Waals surface area contributed by atoms with Crippen molar-refractivity contribution in [2.45, 2.75) is 24.8 Å². The van der Waals surface area contributed by atoms with Crippen molar-refractivity contribution >= 4 is 27.5 Å². The Labute approximate surface area is 169 Å². The molecule has 1 unspecified atom stereocenters. The number of carbonyl (C=O) groups excluding carboxylic acids is 1. The van der Waals surface area contributed by atoms with E-state index < -0.39 is 28.5 Å². The number of amides is 1. The summed E-state index contributed by atoms with van der Waals surface area (Å²) in [4.78, 5) is 12.2. The van der Waals surface area contributed by atoms with Gasteiger partial charge in [-0.3, -0.25) is 4.79 Å². The summed E-state index contributed by atoms with van der Waals surface area (Å²) in [6.07, 6.45) is 0. The maximum atomic E-state index is 13.0. The smallest absolute Gasteiger partial charge is 0.247 e. The fourth-order valence-corrected chi connectivity index (χ4v) is 4.05. The molecule has 28 heavy (non-hydrogen) atoms. The number of likely N-dealkylation sites (N-methyl/N-ethyl adjacent to an activating group) is 1. The number of ether oxygens (including phenoxy) is 1. The van der Waals surface area contributed by atoms with Crippen molar-refractivity contribution in [1.82, 2.24) is 9.62 Å². The minimum Gasteiger partial charge on any atom is -0.492 e. The first-order valence-electron chi connectivity index (χ1n) is 8.58. The molecule has 0 fully saturated rings. The Morgan fingerprint density at radius 3 is 2.50 bits per heavy atom. The van der Waals surface area contributed by atoms with Crippen molar-refractivity contribution in [1.29, 1.82) is 0 Å². The number of carbonyl (C=O) groups is 1. The van der Waals surface area contributed by atoms with Gasteiger partial charge in [-0.15, -0.1) is 0 Å². The average molecular weight is 429 g/mol. The number of nitrogens with zero attached hydrogens (tertiary/aromatic N) is 1. The summed E-state index contributed by atoms with van der Waals surface area (Å²) in [5.41, 5.74) is 0.703. The minimum absolute atomic E-state index is 0.108. The number of benzene rings is 2. The largest absolute Gasteiger partial charge is 0.492 e. The summed E-state index contributed by atoms with van der Waals surface area (Å²) in [6, 6.07) is 9.59. The Hall–Kier alpha value is -2.16. The maximum Gasteiger partial charge on any atom is 0.247 e. The fourth-order valence-electron chi connectivity index (χ4n) is 2.54. The molecule has 0 aliphatic carbocycles. The monoisotopic (exact) mass is 428 g/mol. The van der Waals surface area contributed by atoms with Gasteiger partial charge in [0.1, 0.15) is 16.5 Å². The summed E-state index contributed by atoms with van der Waals surface area (Å²) in [6.45, 7) is 3.35. The van der Waals surface area contributed by atoms with E-state index in [9.17, 15) is 17.6 Å². The van der Waals surface area contributed by atoms with Crippen molar-refractivity contribution in [3.8, 4) is 5.75 Å². The molecule has 152 valence electrons. The lowest BCUT2D eigenvalue weighted by atomic mass is 10.1. The highest BCUT2D eigenvalue weighted by molar-refractivity contribution is 7.89. The first-order chi connectivity index (χ1) is 13.1. The molecule has 0 aromatic heterocycles. The second-order valence-electron chi connectivity index (χ2n) is 6.13. The van der Waals surface area contributed by atoms with Gasteiger partial charge in [0.15, 0.2) is 0 Å². The van der Waals surface area contributed by atoms with Crippen molar-refractivity contribution in [2.24, 2.45) is 0 Å². The zero-order valence-electron chi connectivity index (χ0n) is 15.8. The lowest BCUT2D eigenvalue weighted by Gasteiger charge is -2.21. The number of sulfonamides is 1. The molecule has 1 amide bonds. The van der Waals surface area contributed by atoms with Gasteiger partial charge in [0.05, 0.1) is 19.2 Å². The average Bonchev–Trinajstić information content (AvgIpc) is 2.63. The van der Waals surface area contributed by atoms with Crippen LogP contribution in [0.1, 0.15) is 25.5 Å². The molecular formula is C19H22ClFN2O4S. The lowest BCUT2D eigenvalue weighted by Crippen LogP contribution is -2.39. The maximum absolute atomic E-state index is 13.0. The Bertz CT molecular complexity index is 935. The Balaban J connectivity index is 2.12. The molecule has 6 nitrogen and oxygen atoms in total. The summed E-state index contributed by atoms with van der Waals surface area (Å²) < 4.78 is 45.1. The van der Waals surface area contributed by atoms with E-state index in [0.717, 1.165) is 4.31 Å². The van der Waals surface area contributed by atoms with Crippen molar-refractivity contribution < 1.29 is 22.3 Å². The summed E-state index contributed by atoms with van der Waals surface area (Å²) in [7, 11) is -2.70. The molecule has 0 saturated carbocycles. The molecule has 2 aromatic carbocycles. The van der Waals surface area contributed by atoms with E-state index in [1.54, 1.807) is 26.0 Å². The second kappa shape index (κ2) is 9.36. The predicted octanol–water partition coefficient (Wildman–Crippen LogP) is 3.38. The zero-order chi connectivity index (χ0) is 20.9. The van der Waals surface area contributed by atoms with Gasteiger partial charge >= 0.3 is 0 Å². The van der Waals surface area contributed by atoms with E-state index in [1.165, 1.54) is 37.4 Å². The fraction of sp³-hybridized carbons (Fsp3) is 0.316. The molecule has 2 aromatic rings. The van der Waals surface area contributed by atoms with Crippen LogP contribution in [-0.2, 0) is 14.8 Å². The quantitative estimate of drug-likeness (QED) is 0.699. The molecule has 0 aliphatic heterocycles. The topological polar surface area (TPSA) is 75.7 Å². The number of nitrogens with one attached hydrogen (secondary N) is 1. The van der Waals surface area contributed by atoms with Crippen LogP contribution in [0.4, 0.5) is 4.39 Å². The van der Waals surface area contributed by atoms with Gasteiger partial charge in [0, 0.05) is 12.1 Å². The van der Waals surface area contributed by atoms with Gasteiger partial charge in [-0.1, -0.05) is 23.7 Å². The third-order valence-corrected chi connectivity index (χ3v) is 6.07. The Morgan fingerprint density at radius 2 is 1.89 bits per heavy atom. The molecule has 0 bridgehead atoms. The molecule has 2 rings (SSSR count). The number of hydrogen-bond donors (Lipinski definition) is 1. The zero-order valence-corrected chi connectivity index (χ0v) is 17.3. The van der Waals surface area contributed by atoms with Crippen LogP contribution in [0.3, 0.4) is 0 Å². The number of halogens is 2. The van der Waals surface area contributed by atoms with Crippen molar-refractivity contribution in [3.63, 3.8) is 0 Å². The van der Waals surface area contributed by atoms with Crippen LogP contribution in [0.15, 0.2) is 47.4 Å². The molecule has 9 heteroatoms. The van der Waals surface area contributed by atoms with Crippen molar-refractivity contribution in [3.05, 3.63) is 58.9 Å². The molecule has 0 aliphatic rings. The molecule has 1 atom stereocenters. The van der Waals surface area contributed by atoms with Crippen LogP contribution in [0.5, 0.6) is 5.75 Å². The van der Waals surface area contributed by atoms with Gasteiger partial charge in [0.25, 0.3) is 0 Å². The predicted molar refractivity (Wildman–Crippen MR) is 105 cm³/mol. The van der Waals surface area contributed by atoms with Gasteiger partial charge in [-0.25, -0.2) is 12.8 Å². The highest BCUT2D eigenvalue weighted by Crippen LogP contribution is 2.29. The standard InChI is InChI=1S/C19H22ClFN2O4S/c1-4-27-17-10-7-15(20)11-18(17)28(25,26)23(3)12-19(24)22-13(2)14-5-8-16(21)9-6-14/h5-11,13H,4,12H2,1-3H3,(H,22,24). The van der Waals surface area contributed by atoms with Crippen LogP contribution in [0, 0.1) is 5.82 Å². The number of hydrogen-bond acceptors (Lipinski definition) is 4. The van der Waals surface area contributed by atoms with Gasteiger partial charge < -0.3 is 10.1 Å². The van der Waals surface area contributed by atoms with Crippen LogP contribution in [0.2, 0.25) is 5.02 Å². The molecule has 1 N–H and O–H groups in total. The SMILES string of the molecule is CCOc1ccc(Cl)cc1S(=O)(=O)N(C)CC(=O)NC(C)c1ccc(F)cc1. The Morgan fingerprint density at radius 1 is 1.25 bits per heavy atom. The van der Waals surface area contributed by atoms with Crippen LogP contribution >= 0.6 is 11.6 Å². The van der Waals surface area contributed by atoms with E-state index >= 15 is 0 Å². The highest BCUT2D eigenvalue weighted by Gasteiger charge is 2.27. The molecule has 0 saturated heterocycles. The van der Waals surface area contributed by atoms with Crippen molar-refractivity contribution in [2.75, 3.05) is 20.2 Å². The van der Waals surface area contributed by atoms with Gasteiger partial charge in [-0.2, -0.15) is 4.31 Å². The third kappa shape index (κ3) is 5.43. The van der Waals surface area contributed by atoms with E-state index in [4.69, 9.17) is 16.3 Å². The molecule has 0 spiro atoms. The number of rotatable bonds is 8. The van der Waals surface area contributed by atoms with Crippen LogP contribution in [-0.4, -0.2) is 38.8 Å². The van der Waals surface area contributed by atoms with E-state index in [0.29, 0.717) is 5.56 Å². The van der Waals surface area contributed by atoms with E-state index in [2.05, 4.69) is 5.32 Å². The summed E-state index contributed by atoms with van der Waals surface area (Å²) >= 11 is 5.94. The first kappa shape index (κ1) is 22.1. The second-order valence-corrected chi connectivity index (χ2v) is 8.58. The Kier molecular flexibility index (Phi) is 7.40. The third-order valence-electron chi connectivity index (χ3n) is 4.01. The molecule has 0 radical (unpaired) electrons. The minimum atomic E-state index is -4.00. The lowest BCUT2D eigenvalue weighted by molar-refractivity contribution is -0.121. The van der Waals surface area contributed by atoms with Gasteiger partial charge in [-0.05, 0) is 49.7 Å². The normalized spacial score (nSPS) is 12.6. The van der Waals surface area contributed by atoms with Crippen LogP contribution in [0.25, 0.3) is 0 Å². The molecular weight excluding hydrogens is 407 g/mol. The first-order valence-corrected chi connectivity index (χ1v) is 10.4.